The van der Waals surface area contributed by atoms with Crippen LogP contribution >= 0.6 is 23.2 Å². The summed E-state index contributed by atoms with van der Waals surface area (Å²) in [5.74, 6) is 0.737. The molecule has 1 aliphatic heterocycles. The van der Waals surface area contributed by atoms with Gasteiger partial charge in [0, 0.05) is 24.0 Å². The standard InChI is InChI=1S/C20H16Cl2N2O3/c21-14-10-13-16(11-15(14)22)23-19(24-8-4-5-9-24)18(27-20(25)26)17(13)12-6-2-1-3-7-12/h1-3,6-7,10-11H,4-5,8-9H2,(H,25,26). The number of fused-ring (bicyclic) bond motifs is 1. The van der Waals surface area contributed by atoms with Gasteiger partial charge in [0.2, 0.25) is 0 Å². The molecule has 0 bridgehead atoms. The minimum absolute atomic E-state index is 0.224. The predicted molar refractivity (Wildman–Crippen MR) is 107 cm³/mol. The van der Waals surface area contributed by atoms with E-state index in [1.165, 1.54) is 0 Å². The zero-order chi connectivity index (χ0) is 19.0. The Morgan fingerprint density at radius 2 is 1.74 bits per heavy atom. The van der Waals surface area contributed by atoms with Crippen LogP contribution in [0.3, 0.4) is 0 Å². The smallest absolute Gasteiger partial charge is 0.449 e. The maximum atomic E-state index is 11.5. The second-order valence-corrected chi connectivity index (χ2v) is 7.17. The fourth-order valence-corrected chi connectivity index (χ4v) is 3.77. The maximum Gasteiger partial charge on any atom is 0.511 e. The van der Waals surface area contributed by atoms with E-state index in [1.54, 1.807) is 12.1 Å². The number of carbonyl (C=O) groups is 1. The molecule has 1 N–H and O–H groups in total. The van der Waals surface area contributed by atoms with Crippen LogP contribution in [-0.4, -0.2) is 29.3 Å². The summed E-state index contributed by atoms with van der Waals surface area (Å²) >= 11 is 12.5. The molecule has 0 aliphatic carbocycles. The maximum absolute atomic E-state index is 11.5. The SMILES string of the molecule is O=C(O)Oc1c(N2CCCC2)nc2cc(Cl)c(Cl)cc2c1-c1ccccc1. The average molecular weight is 403 g/mol. The van der Waals surface area contributed by atoms with Gasteiger partial charge in [-0.3, -0.25) is 0 Å². The largest absolute Gasteiger partial charge is 0.511 e. The molecule has 0 saturated carbocycles. The van der Waals surface area contributed by atoms with Gasteiger partial charge < -0.3 is 14.7 Å². The van der Waals surface area contributed by atoms with Crippen molar-refractivity contribution in [2.24, 2.45) is 0 Å². The lowest BCUT2D eigenvalue weighted by Crippen LogP contribution is -2.21. The Morgan fingerprint density at radius 1 is 1.07 bits per heavy atom. The van der Waals surface area contributed by atoms with Crippen LogP contribution in [0.5, 0.6) is 5.75 Å². The number of halogens is 2. The van der Waals surface area contributed by atoms with E-state index in [2.05, 4.69) is 0 Å². The highest BCUT2D eigenvalue weighted by molar-refractivity contribution is 6.43. The molecule has 1 fully saturated rings. The van der Waals surface area contributed by atoms with Crippen molar-refractivity contribution in [3.63, 3.8) is 0 Å². The molecule has 4 rings (SSSR count). The van der Waals surface area contributed by atoms with Crippen LogP contribution in [0.4, 0.5) is 10.6 Å². The van der Waals surface area contributed by atoms with E-state index in [-0.39, 0.29) is 5.75 Å². The number of ether oxygens (including phenoxy) is 1. The van der Waals surface area contributed by atoms with Crippen molar-refractivity contribution in [2.75, 3.05) is 18.0 Å². The molecular weight excluding hydrogens is 387 g/mol. The first kappa shape index (κ1) is 17.9. The molecule has 2 heterocycles. The number of rotatable bonds is 3. The minimum Gasteiger partial charge on any atom is -0.449 e. The lowest BCUT2D eigenvalue weighted by molar-refractivity contribution is 0.144. The first-order valence-electron chi connectivity index (χ1n) is 8.58. The van der Waals surface area contributed by atoms with Crippen LogP contribution in [-0.2, 0) is 0 Å². The summed E-state index contributed by atoms with van der Waals surface area (Å²) in [5.41, 5.74) is 2.10. The summed E-state index contributed by atoms with van der Waals surface area (Å²) in [6.45, 7) is 1.59. The van der Waals surface area contributed by atoms with Gasteiger partial charge in [-0.05, 0) is 30.5 Å². The predicted octanol–water partition coefficient (Wildman–Crippen LogP) is 5.87. The summed E-state index contributed by atoms with van der Waals surface area (Å²) in [6.07, 6.45) is 0.663. The van der Waals surface area contributed by atoms with Crippen molar-refractivity contribution in [1.29, 1.82) is 0 Å². The highest BCUT2D eigenvalue weighted by Gasteiger charge is 2.26. The Labute approximate surface area is 166 Å². The molecule has 0 amide bonds. The molecular formula is C20H16Cl2N2O3. The van der Waals surface area contributed by atoms with Gasteiger partial charge in [0.15, 0.2) is 11.6 Å². The van der Waals surface area contributed by atoms with Gasteiger partial charge in [0.05, 0.1) is 15.6 Å². The number of nitrogens with zero attached hydrogens (tertiary/aromatic N) is 2. The molecule has 0 spiro atoms. The van der Waals surface area contributed by atoms with E-state index < -0.39 is 6.16 Å². The zero-order valence-electron chi connectivity index (χ0n) is 14.3. The molecule has 3 aromatic rings. The molecule has 1 saturated heterocycles. The second kappa shape index (κ2) is 7.25. The fraction of sp³-hybridized carbons (Fsp3) is 0.200. The van der Waals surface area contributed by atoms with Gasteiger partial charge in [-0.1, -0.05) is 53.5 Å². The Balaban J connectivity index is 2.09. The third-order valence-electron chi connectivity index (χ3n) is 4.62. The van der Waals surface area contributed by atoms with Gasteiger partial charge in [0.1, 0.15) is 0 Å². The summed E-state index contributed by atoms with van der Waals surface area (Å²) in [7, 11) is 0. The quantitative estimate of drug-likeness (QED) is 0.555. The van der Waals surface area contributed by atoms with E-state index in [0.717, 1.165) is 31.5 Å². The molecule has 1 aliphatic rings. The van der Waals surface area contributed by atoms with Gasteiger partial charge >= 0.3 is 6.16 Å². The van der Waals surface area contributed by atoms with Crippen molar-refractivity contribution in [3.8, 4) is 16.9 Å². The van der Waals surface area contributed by atoms with Crippen molar-refractivity contribution < 1.29 is 14.6 Å². The normalized spacial score (nSPS) is 13.9. The van der Waals surface area contributed by atoms with Crippen molar-refractivity contribution in [1.82, 2.24) is 4.98 Å². The lowest BCUT2D eigenvalue weighted by Gasteiger charge is -2.23. The third kappa shape index (κ3) is 3.40. The number of aromatic nitrogens is 1. The average Bonchev–Trinajstić information content (AvgIpc) is 3.17. The molecule has 5 nitrogen and oxygen atoms in total. The van der Waals surface area contributed by atoms with E-state index >= 15 is 0 Å². The van der Waals surface area contributed by atoms with Crippen molar-refractivity contribution >= 4 is 46.1 Å². The molecule has 138 valence electrons. The molecule has 1 aromatic heterocycles. The first-order valence-corrected chi connectivity index (χ1v) is 9.34. The van der Waals surface area contributed by atoms with Crippen LogP contribution in [0, 0.1) is 0 Å². The Hall–Kier alpha value is -2.50. The lowest BCUT2D eigenvalue weighted by atomic mass is 9.99. The van der Waals surface area contributed by atoms with Gasteiger partial charge in [0.25, 0.3) is 0 Å². The van der Waals surface area contributed by atoms with Crippen LogP contribution in [0.2, 0.25) is 10.0 Å². The number of pyridine rings is 1. The molecule has 27 heavy (non-hydrogen) atoms. The van der Waals surface area contributed by atoms with Gasteiger partial charge in [-0.15, -0.1) is 0 Å². The summed E-state index contributed by atoms with van der Waals surface area (Å²) < 4.78 is 5.26. The number of anilines is 1. The third-order valence-corrected chi connectivity index (χ3v) is 5.34. The van der Waals surface area contributed by atoms with Crippen LogP contribution in [0.15, 0.2) is 42.5 Å². The highest BCUT2D eigenvalue weighted by Crippen LogP contribution is 2.45. The summed E-state index contributed by atoms with van der Waals surface area (Å²) in [6, 6.07) is 12.9. The van der Waals surface area contributed by atoms with Crippen LogP contribution in [0.25, 0.3) is 22.0 Å². The van der Waals surface area contributed by atoms with Crippen molar-refractivity contribution in [2.45, 2.75) is 12.8 Å². The molecule has 0 atom stereocenters. The number of carboxylic acid groups (broad SMARTS) is 1. The molecule has 2 aromatic carbocycles. The Kier molecular flexibility index (Phi) is 4.81. The van der Waals surface area contributed by atoms with E-state index in [0.29, 0.717) is 32.3 Å². The molecule has 7 heteroatoms. The molecule has 0 unspecified atom stereocenters. The van der Waals surface area contributed by atoms with Gasteiger partial charge in [-0.2, -0.15) is 0 Å². The topological polar surface area (TPSA) is 62.7 Å². The van der Waals surface area contributed by atoms with E-state index in [4.69, 9.17) is 32.9 Å². The summed E-state index contributed by atoms with van der Waals surface area (Å²) in [5, 5.41) is 10.8. The Bertz CT molecular complexity index is 1020. The number of hydrogen-bond donors (Lipinski definition) is 1. The Morgan fingerprint density at radius 3 is 2.41 bits per heavy atom. The van der Waals surface area contributed by atoms with Crippen LogP contribution in [0.1, 0.15) is 12.8 Å². The van der Waals surface area contributed by atoms with E-state index in [9.17, 15) is 9.90 Å². The zero-order valence-corrected chi connectivity index (χ0v) is 15.8. The minimum atomic E-state index is -1.38. The van der Waals surface area contributed by atoms with E-state index in [1.807, 2.05) is 35.2 Å². The first-order chi connectivity index (χ1) is 13.0. The van der Waals surface area contributed by atoms with Crippen LogP contribution < -0.4 is 9.64 Å². The molecule has 0 radical (unpaired) electrons. The monoisotopic (exact) mass is 402 g/mol. The summed E-state index contributed by atoms with van der Waals surface area (Å²) in [4.78, 5) is 18.2. The number of benzene rings is 2. The number of hydrogen-bond acceptors (Lipinski definition) is 4. The van der Waals surface area contributed by atoms with Gasteiger partial charge in [-0.25, -0.2) is 9.78 Å². The second-order valence-electron chi connectivity index (χ2n) is 6.35. The van der Waals surface area contributed by atoms with Crippen molar-refractivity contribution in [3.05, 3.63) is 52.5 Å². The highest BCUT2D eigenvalue weighted by atomic mass is 35.5. The fourth-order valence-electron chi connectivity index (χ4n) is 3.45.